The number of nitrogens with two attached hydrogens (primary N) is 1. The Morgan fingerprint density at radius 1 is 0.703 bits per heavy atom. The Balaban J connectivity index is 2.96. The van der Waals surface area contributed by atoms with Crippen molar-refractivity contribution in [1.29, 1.82) is 0 Å². The third kappa shape index (κ3) is 20.4. The molecule has 0 saturated heterocycles. The van der Waals surface area contributed by atoms with Gasteiger partial charge < -0.3 is 73.6 Å². The molecular formula is C37H54N8O18S. The average molecular weight is 931 g/mol. The van der Waals surface area contributed by atoms with Crippen molar-refractivity contribution in [2.45, 2.75) is 113 Å². The first kappa shape index (κ1) is 55.2. The second-order valence-corrected chi connectivity index (χ2v) is 15.2. The summed E-state index contributed by atoms with van der Waals surface area (Å²) in [6, 6.07) is -11.0. The van der Waals surface area contributed by atoms with Crippen LogP contribution < -0.4 is 43.0 Å². The lowest BCUT2D eigenvalue weighted by atomic mass is 9.94. The Labute approximate surface area is 370 Å². The largest absolute Gasteiger partial charge is 0.481 e. The standard InChI is InChI=1S/C37H54N8O18S/c1-17-3-5-18(6-4-17)13-22(30(53)39-15-19(38)29(52)42-23(14-28(50)51)31(54)43-24(16-64)34(59)60)41-26(47)9-7-20(32(55)56)40-25(46)10-8-21(33(57)58)44-36(63)45-37(2,35(61)62)12-11-27(48)49/h3,5-6,17,19-24,64H,4,7-16,38H2,1-2H3,(H,39,53)(H,40,46)(H,41,47)(H,42,52)(H,43,54)(H,48,49)(H,50,51)(H,55,56)(H,57,58)(H,59,60)(H,61,62)(H2,44,45,63)/t17?,19-,20-,21-,22-,23-,24-,37-/m0/s1. The van der Waals surface area contributed by atoms with Gasteiger partial charge in [-0.25, -0.2) is 24.0 Å². The molecule has 0 fully saturated rings. The molecule has 27 heteroatoms. The van der Waals surface area contributed by atoms with E-state index in [-0.39, 0.29) is 18.1 Å². The van der Waals surface area contributed by atoms with Gasteiger partial charge in [-0.3, -0.25) is 33.6 Å². The number of thiol groups is 1. The van der Waals surface area contributed by atoms with E-state index in [1.165, 1.54) is 0 Å². The molecular weight excluding hydrogens is 877 g/mol. The van der Waals surface area contributed by atoms with Gasteiger partial charge in [0.25, 0.3) is 0 Å². The van der Waals surface area contributed by atoms with Crippen molar-refractivity contribution in [2.75, 3.05) is 12.3 Å². The summed E-state index contributed by atoms with van der Waals surface area (Å²) in [5, 5.41) is 71.1. The zero-order valence-corrected chi connectivity index (χ0v) is 35.6. The zero-order chi connectivity index (χ0) is 48.9. The lowest BCUT2D eigenvalue weighted by Gasteiger charge is -2.26. The Kier molecular flexibility index (Phi) is 23.0. The molecule has 0 heterocycles. The highest BCUT2D eigenvalue weighted by Crippen LogP contribution is 2.20. The first-order valence-corrected chi connectivity index (χ1v) is 20.1. The van der Waals surface area contributed by atoms with E-state index in [1.807, 2.05) is 35.0 Å². The van der Waals surface area contributed by atoms with Crippen LogP contribution in [0.25, 0.3) is 0 Å². The Morgan fingerprint density at radius 2 is 1.23 bits per heavy atom. The number of carboxylic acid groups (broad SMARTS) is 6. The van der Waals surface area contributed by atoms with E-state index in [4.69, 9.17) is 10.8 Å². The number of amides is 7. The predicted molar refractivity (Wildman–Crippen MR) is 220 cm³/mol. The maximum absolute atomic E-state index is 13.4. The van der Waals surface area contributed by atoms with E-state index in [1.54, 1.807) is 6.08 Å². The van der Waals surface area contributed by atoms with Gasteiger partial charge in [0.2, 0.25) is 29.5 Å². The molecule has 0 radical (unpaired) electrons. The van der Waals surface area contributed by atoms with Gasteiger partial charge in [0.1, 0.15) is 41.8 Å². The fraction of sp³-hybridized carbons (Fsp3) is 0.568. The number of rotatable bonds is 29. The van der Waals surface area contributed by atoms with Crippen molar-refractivity contribution in [1.82, 2.24) is 37.2 Å². The minimum Gasteiger partial charge on any atom is -0.481 e. The van der Waals surface area contributed by atoms with E-state index in [2.05, 4.69) is 33.9 Å². The van der Waals surface area contributed by atoms with E-state index < -0.39 is 165 Å². The molecule has 1 aliphatic carbocycles. The van der Waals surface area contributed by atoms with Crippen LogP contribution in [0.4, 0.5) is 4.79 Å². The Morgan fingerprint density at radius 3 is 1.70 bits per heavy atom. The number of carbonyl (C=O) groups excluding carboxylic acids is 6. The van der Waals surface area contributed by atoms with Gasteiger partial charge in [0, 0.05) is 38.0 Å². The summed E-state index contributed by atoms with van der Waals surface area (Å²) in [5.41, 5.74) is 4.42. The quantitative estimate of drug-likeness (QED) is 0.0330. The van der Waals surface area contributed by atoms with Gasteiger partial charge >= 0.3 is 41.8 Å². The molecule has 0 saturated carbocycles. The monoisotopic (exact) mass is 930 g/mol. The van der Waals surface area contributed by atoms with Crippen LogP contribution in [0.1, 0.15) is 71.6 Å². The molecule has 26 nitrogen and oxygen atoms in total. The normalized spacial score (nSPS) is 16.8. The SMILES string of the molecule is CC1C=CC(C[C@H](NC(=O)CC[C@H](NC(=O)CC[C@H](NC(=O)N[C@@](C)(CCC(=O)O)C(=O)O)C(=O)O)C(=O)O)C(=O)NC[C@H](N)C(=O)N[C@@H](CC(=O)O)C(=O)N[C@@H](CS)C(=O)O)=CC1. The van der Waals surface area contributed by atoms with Gasteiger partial charge in [0.05, 0.1) is 6.42 Å². The summed E-state index contributed by atoms with van der Waals surface area (Å²) >= 11 is 3.81. The molecule has 8 atom stereocenters. The molecule has 0 bridgehead atoms. The van der Waals surface area contributed by atoms with Crippen LogP contribution in [0.5, 0.6) is 0 Å². The van der Waals surface area contributed by atoms with Crippen LogP contribution >= 0.6 is 12.6 Å². The molecule has 1 rings (SSSR count). The summed E-state index contributed by atoms with van der Waals surface area (Å²) < 4.78 is 0. The second-order valence-electron chi connectivity index (χ2n) is 14.8. The summed E-state index contributed by atoms with van der Waals surface area (Å²) in [7, 11) is 0. The topological polar surface area (TPSA) is 436 Å². The Bertz CT molecular complexity index is 1860. The fourth-order valence-electron chi connectivity index (χ4n) is 5.54. The number of carboxylic acids is 6. The number of urea groups is 1. The van der Waals surface area contributed by atoms with Crippen LogP contribution in [0.3, 0.4) is 0 Å². The van der Waals surface area contributed by atoms with Crippen LogP contribution in [-0.2, 0) is 52.7 Å². The van der Waals surface area contributed by atoms with Crippen molar-refractivity contribution < 1.29 is 88.2 Å². The molecule has 356 valence electrons. The summed E-state index contributed by atoms with van der Waals surface area (Å²) in [4.78, 5) is 146. The minimum absolute atomic E-state index is 0.0905. The highest BCUT2D eigenvalue weighted by molar-refractivity contribution is 7.80. The first-order valence-electron chi connectivity index (χ1n) is 19.4. The van der Waals surface area contributed by atoms with Gasteiger partial charge in [-0.2, -0.15) is 12.6 Å². The van der Waals surface area contributed by atoms with Crippen molar-refractivity contribution in [3.63, 3.8) is 0 Å². The lowest BCUT2D eigenvalue weighted by Crippen LogP contribution is -2.57. The Hall–Kier alpha value is -6.77. The zero-order valence-electron chi connectivity index (χ0n) is 34.7. The van der Waals surface area contributed by atoms with Crippen molar-refractivity contribution in [3.8, 4) is 0 Å². The van der Waals surface area contributed by atoms with Crippen LogP contribution in [-0.4, -0.2) is 156 Å². The predicted octanol–water partition coefficient (Wildman–Crippen LogP) is -3.12. The number of nitrogens with one attached hydrogen (secondary N) is 7. The summed E-state index contributed by atoms with van der Waals surface area (Å²) in [5.74, 6) is -14.4. The summed E-state index contributed by atoms with van der Waals surface area (Å²) in [6.45, 7) is 2.32. The van der Waals surface area contributed by atoms with Crippen molar-refractivity contribution in [3.05, 3.63) is 23.8 Å². The smallest absolute Gasteiger partial charge is 0.329 e. The van der Waals surface area contributed by atoms with Gasteiger partial charge in [0.15, 0.2) is 0 Å². The van der Waals surface area contributed by atoms with Gasteiger partial charge in [-0.05, 0) is 44.1 Å². The van der Waals surface area contributed by atoms with E-state index in [0.717, 1.165) is 6.92 Å². The van der Waals surface area contributed by atoms with Gasteiger partial charge in [-0.15, -0.1) is 0 Å². The lowest BCUT2D eigenvalue weighted by molar-refractivity contribution is -0.145. The number of aliphatic carboxylic acids is 6. The molecule has 0 aromatic heterocycles. The highest BCUT2D eigenvalue weighted by Gasteiger charge is 2.37. The minimum atomic E-state index is -2.11. The molecule has 64 heavy (non-hydrogen) atoms. The van der Waals surface area contributed by atoms with Gasteiger partial charge in [-0.1, -0.05) is 25.2 Å². The number of hydrogen-bond acceptors (Lipinski definition) is 14. The van der Waals surface area contributed by atoms with Crippen LogP contribution in [0.2, 0.25) is 0 Å². The fourth-order valence-corrected chi connectivity index (χ4v) is 5.79. The third-order valence-electron chi connectivity index (χ3n) is 9.38. The van der Waals surface area contributed by atoms with E-state index in [9.17, 15) is 83.1 Å². The van der Waals surface area contributed by atoms with Crippen molar-refractivity contribution >= 4 is 84.0 Å². The third-order valence-corrected chi connectivity index (χ3v) is 9.75. The second kappa shape index (κ2) is 26.6. The van der Waals surface area contributed by atoms with Crippen molar-refractivity contribution in [2.24, 2.45) is 11.7 Å². The first-order chi connectivity index (χ1) is 29.8. The molecule has 0 aromatic rings. The maximum atomic E-state index is 13.4. The molecule has 1 unspecified atom stereocenters. The molecule has 1 aliphatic rings. The number of hydrogen-bond donors (Lipinski definition) is 15. The number of allylic oxidation sites excluding steroid dienone is 3. The van der Waals surface area contributed by atoms with E-state index >= 15 is 0 Å². The maximum Gasteiger partial charge on any atom is 0.329 e. The van der Waals surface area contributed by atoms with E-state index in [0.29, 0.717) is 12.0 Å². The average Bonchev–Trinajstić information content (AvgIpc) is 3.20. The number of carbonyl (C=O) groups is 12. The summed E-state index contributed by atoms with van der Waals surface area (Å²) in [6.07, 6.45) is 1.32. The molecule has 7 amide bonds. The highest BCUT2D eigenvalue weighted by atomic mass is 32.1. The molecule has 0 aromatic carbocycles. The van der Waals surface area contributed by atoms with Crippen LogP contribution in [0, 0.1) is 5.92 Å². The molecule has 0 spiro atoms. The molecule has 0 aliphatic heterocycles. The van der Waals surface area contributed by atoms with Crippen LogP contribution in [0.15, 0.2) is 23.8 Å². The molecule has 15 N–H and O–H groups in total.